The fourth-order valence-corrected chi connectivity index (χ4v) is 1.91. The van der Waals surface area contributed by atoms with E-state index in [1.54, 1.807) is 20.8 Å². The fraction of sp³-hybridized carbons (Fsp3) is 0.556. The van der Waals surface area contributed by atoms with E-state index in [2.05, 4.69) is 5.32 Å². The molecule has 1 aromatic rings. The Morgan fingerprint density at radius 2 is 1.83 bits per heavy atom. The van der Waals surface area contributed by atoms with Gasteiger partial charge in [-0.25, -0.2) is 9.59 Å². The summed E-state index contributed by atoms with van der Waals surface area (Å²) < 4.78 is 10.5. The zero-order valence-electron chi connectivity index (χ0n) is 14.4. The quantitative estimate of drug-likeness (QED) is 0.617. The van der Waals surface area contributed by atoms with E-state index in [-0.39, 0.29) is 0 Å². The van der Waals surface area contributed by atoms with Gasteiger partial charge in [0.2, 0.25) is 0 Å². The normalized spacial score (nSPS) is 12.3. The van der Waals surface area contributed by atoms with Gasteiger partial charge in [0.1, 0.15) is 11.6 Å². The molecule has 0 spiro atoms. The first-order chi connectivity index (χ1) is 10.8. The molecule has 23 heavy (non-hydrogen) atoms. The molecule has 1 amide bonds. The highest BCUT2D eigenvalue weighted by Gasteiger charge is 2.25. The van der Waals surface area contributed by atoms with Crippen molar-refractivity contribution < 1.29 is 19.1 Å². The van der Waals surface area contributed by atoms with Crippen LogP contribution in [0, 0.1) is 0 Å². The molecular weight excluding hydrogens is 294 g/mol. The number of esters is 1. The van der Waals surface area contributed by atoms with Gasteiger partial charge in [-0.15, -0.1) is 0 Å². The maximum Gasteiger partial charge on any atom is 0.408 e. The number of hydrogen-bond acceptors (Lipinski definition) is 4. The van der Waals surface area contributed by atoms with Gasteiger partial charge in [0, 0.05) is 6.42 Å². The predicted molar refractivity (Wildman–Crippen MR) is 89.2 cm³/mol. The van der Waals surface area contributed by atoms with Crippen molar-refractivity contribution in [1.82, 2.24) is 5.32 Å². The molecule has 0 heterocycles. The van der Waals surface area contributed by atoms with Crippen molar-refractivity contribution in [3.05, 3.63) is 35.9 Å². The number of amides is 1. The standard InChI is InChI=1S/C18H27NO4/c1-5-6-12-22-16(20)15(13-14-10-8-7-9-11-14)19-17(21)23-18(2,3)4/h7-11,15H,5-6,12-13H2,1-4H3,(H,19,21)/t15-/m0/s1. The van der Waals surface area contributed by atoms with Crippen molar-refractivity contribution in [3.63, 3.8) is 0 Å². The number of alkyl carbamates (subject to hydrolysis) is 1. The largest absolute Gasteiger partial charge is 0.464 e. The SMILES string of the molecule is CCCCOC(=O)[C@H](Cc1ccccc1)NC(=O)OC(C)(C)C. The Kier molecular flexibility index (Phi) is 7.59. The Bertz CT molecular complexity index is 493. The van der Waals surface area contributed by atoms with Crippen LogP contribution in [0.1, 0.15) is 46.1 Å². The summed E-state index contributed by atoms with van der Waals surface area (Å²) in [5, 5.41) is 2.61. The summed E-state index contributed by atoms with van der Waals surface area (Å²) in [6.07, 6.45) is 1.49. The molecule has 0 radical (unpaired) electrons. The summed E-state index contributed by atoms with van der Waals surface area (Å²) in [6, 6.07) is 8.74. The summed E-state index contributed by atoms with van der Waals surface area (Å²) in [5.41, 5.74) is 0.328. The van der Waals surface area contributed by atoms with Gasteiger partial charge in [0.25, 0.3) is 0 Å². The highest BCUT2D eigenvalue weighted by molar-refractivity contribution is 5.81. The minimum Gasteiger partial charge on any atom is -0.464 e. The van der Waals surface area contributed by atoms with E-state index in [0.29, 0.717) is 13.0 Å². The summed E-state index contributed by atoms with van der Waals surface area (Å²) >= 11 is 0. The topological polar surface area (TPSA) is 64.6 Å². The summed E-state index contributed by atoms with van der Waals surface area (Å²) in [5.74, 6) is -0.437. The predicted octanol–water partition coefficient (Wildman–Crippen LogP) is 3.47. The Morgan fingerprint density at radius 1 is 1.17 bits per heavy atom. The van der Waals surface area contributed by atoms with E-state index in [1.807, 2.05) is 37.3 Å². The van der Waals surface area contributed by atoms with Gasteiger partial charge in [-0.3, -0.25) is 0 Å². The van der Waals surface area contributed by atoms with Crippen molar-refractivity contribution >= 4 is 12.1 Å². The minimum absolute atomic E-state index is 0.358. The molecule has 128 valence electrons. The maximum atomic E-state index is 12.2. The first-order valence-electron chi connectivity index (χ1n) is 8.02. The van der Waals surface area contributed by atoms with Crippen LogP contribution in [0.5, 0.6) is 0 Å². The summed E-state index contributed by atoms with van der Waals surface area (Å²) in [7, 11) is 0. The van der Waals surface area contributed by atoms with Gasteiger partial charge in [-0.1, -0.05) is 43.7 Å². The molecule has 0 saturated heterocycles. The molecule has 0 aromatic heterocycles. The lowest BCUT2D eigenvalue weighted by Gasteiger charge is -2.23. The number of unbranched alkanes of at least 4 members (excludes halogenated alkanes) is 1. The molecule has 5 heteroatoms. The molecule has 1 rings (SSSR count). The van der Waals surface area contributed by atoms with Gasteiger partial charge in [-0.2, -0.15) is 0 Å². The van der Waals surface area contributed by atoms with Crippen molar-refractivity contribution in [2.75, 3.05) is 6.61 Å². The third kappa shape index (κ3) is 8.24. The van der Waals surface area contributed by atoms with Crippen LogP contribution in [0.2, 0.25) is 0 Å². The Hall–Kier alpha value is -2.04. The minimum atomic E-state index is -0.760. The van der Waals surface area contributed by atoms with Gasteiger partial charge >= 0.3 is 12.1 Å². The Balaban J connectivity index is 2.71. The highest BCUT2D eigenvalue weighted by Crippen LogP contribution is 2.09. The monoisotopic (exact) mass is 321 g/mol. The zero-order chi connectivity index (χ0) is 17.3. The van der Waals surface area contributed by atoms with Crippen LogP contribution in [0.3, 0.4) is 0 Å². The fourth-order valence-electron chi connectivity index (χ4n) is 1.91. The number of carbonyl (C=O) groups excluding carboxylic acids is 2. The van der Waals surface area contributed by atoms with E-state index in [0.717, 1.165) is 18.4 Å². The number of hydrogen-bond donors (Lipinski definition) is 1. The first kappa shape index (κ1) is 19.0. The molecule has 1 atom stereocenters. The molecule has 1 aromatic carbocycles. The van der Waals surface area contributed by atoms with E-state index in [4.69, 9.17) is 9.47 Å². The summed E-state index contributed by atoms with van der Waals surface area (Å²) in [4.78, 5) is 24.2. The van der Waals surface area contributed by atoms with Gasteiger partial charge in [-0.05, 0) is 32.8 Å². The van der Waals surface area contributed by atoms with Crippen LogP contribution in [-0.2, 0) is 20.7 Å². The Labute approximate surface area is 138 Å². The molecule has 1 N–H and O–H groups in total. The lowest BCUT2D eigenvalue weighted by Crippen LogP contribution is -2.45. The van der Waals surface area contributed by atoms with Crippen LogP contribution < -0.4 is 5.32 Å². The number of benzene rings is 1. The number of ether oxygens (including phenoxy) is 2. The molecule has 0 aliphatic carbocycles. The molecular formula is C18H27NO4. The smallest absolute Gasteiger partial charge is 0.408 e. The second-order valence-corrected chi connectivity index (χ2v) is 6.41. The van der Waals surface area contributed by atoms with Crippen molar-refractivity contribution in [2.24, 2.45) is 0 Å². The second kappa shape index (κ2) is 9.18. The maximum absolute atomic E-state index is 12.2. The first-order valence-corrected chi connectivity index (χ1v) is 8.02. The molecule has 0 aliphatic rings. The van der Waals surface area contributed by atoms with Gasteiger partial charge < -0.3 is 14.8 Å². The van der Waals surface area contributed by atoms with Crippen LogP contribution >= 0.6 is 0 Å². The second-order valence-electron chi connectivity index (χ2n) is 6.41. The molecule has 0 fully saturated rings. The van der Waals surface area contributed by atoms with Gasteiger partial charge in [0.05, 0.1) is 6.61 Å². The highest BCUT2D eigenvalue weighted by atomic mass is 16.6. The van der Waals surface area contributed by atoms with Crippen LogP contribution in [-0.4, -0.2) is 30.3 Å². The number of rotatable bonds is 7. The van der Waals surface area contributed by atoms with Gasteiger partial charge in [0.15, 0.2) is 0 Å². The van der Waals surface area contributed by atoms with Crippen molar-refractivity contribution in [3.8, 4) is 0 Å². The third-order valence-electron chi connectivity index (χ3n) is 3.00. The zero-order valence-corrected chi connectivity index (χ0v) is 14.4. The molecule has 0 aliphatic heterocycles. The van der Waals surface area contributed by atoms with Crippen molar-refractivity contribution in [2.45, 2.75) is 58.6 Å². The molecule has 0 unspecified atom stereocenters. The van der Waals surface area contributed by atoms with Crippen LogP contribution in [0.25, 0.3) is 0 Å². The third-order valence-corrected chi connectivity index (χ3v) is 3.00. The van der Waals surface area contributed by atoms with Crippen molar-refractivity contribution in [1.29, 1.82) is 0 Å². The average molecular weight is 321 g/mol. The lowest BCUT2D eigenvalue weighted by atomic mass is 10.1. The molecule has 0 saturated carbocycles. The summed E-state index contributed by atoms with van der Waals surface area (Å²) in [6.45, 7) is 7.71. The number of carbonyl (C=O) groups is 2. The van der Waals surface area contributed by atoms with E-state index in [9.17, 15) is 9.59 Å². The van der Waals surface area contributed by atoms with Crippen LogP contribution in [0.15, 0.2) is 30.3 Å². The Morgan fingerprint density at radius 3 is 2.39 bits per heavy atom. The van der Waals surface area contributed by atoms with E-state index in [1.165, 1.54) is 0 Å². The molecule has 5 nitrogen and oxygen atoms in total. The average Bonchev–Trinajstić information content (AvgIpc) is 2.46. The molecule has 0 bridgehead atoms. The van der Waals surface area contributed by atoms with Crippen LogP contribution in [0.4, 0.5) is 4.79 Å². The van der Waals surface area contributed by atoms with E-state index < -0.39 is 23.7 Å². The number of nitrogens with one attached hydrogen (secondary N) is 1. The van der Waals surface area contributed by atoms with E-state index >= 15 is 0 Å². The lowest BCUT2D eigenvalue weighted by molar-refractivity contribution is -0.146.